The molecule has 3 nitrogen and oxygen atoms in total. The maximum atomic E-state index is 13.0. The van der Waals surface area contributed by atoms with Crippen molar-refractivity contribution in [2.75, 3.05) is 7.11 Å². The summed E-state index contributed by atoms with van der Waals surface area (Å²) in [6.07, 6.45) is 3.68. The van der Waals surface area contributed by atoms with Crippen molar-refractivity contribution in [1.29, 1.82) is 0 Å². The summed E-state index contributed by atoms with van der Waals surface area (Å²) in [5, 5.41) is 3.59. The van der Waals surface area contributed by atoms with E-state index >= 15 is 0 Å². The number of halogens is 1. The molecule has 0 heterocycles. The van der Waals surface area contributed by atoms with E-state index in [4.69, 9.17) is 4.74 Å². The van der Waals surface area contributed by atoms with Gasteiger partial charge in [0.2, 0.25) is 0 Å². The predicted molar refractivity (Wildman–Crippen MR) is 80.3 cm³/mol. The van der Waals surface area contributed by atoms with E-state index in [0.717, 1.165) is 17.4 Å². The maximum absolute atomic E-state index is 13.0. The van der Waals surface area contributed by atoms with Gasteiger partial charge in [0.05, 0.1) is 13.0 Å². The summed E-state index contributed by atoms with van der Waals surface area (Å²) >= 11 is 0. The van der Waals surface area contributed by atoms with Crippen molar-refractivity contribution in [2.45, 2.75) is 31.8 Å². The molecule has 2 bridgehead atoms. The molecule has 4 unspecified atom stereocenters. The lowest BCUT2D eigenvalue weighted by Crippen LogP contribution is -2.55. The predicted octanol–water partition coefficient (Wildman–Crippen LogP) is 2.75. The lowest BCUT2D eigenvalue weighted by Gasteiger charge is -2.47. The second-order valence-corrected chi connectivity index (χ2v) is 7.05. The van der Waals surface area contributed by atoms with E-state index in [0.29, 0.717) is 18.4 Å². The van der Waals surface area contributed by atoms with Crippen LogP contribution in [0, 0.1) is 35.4 Å². The Morgan fingerprint density at radius 3 is 2.59 bits per heavy atom. The molecule has 0 aromatic heterocycles. The second kappa shape index (κ2) is 5.34. The van der Waals surface area contributed by atoms with Crippen LogP contribution in [-0.4, -0.2) is 19.1 Å². The average Bonchev–Trinajstić information content (AvgIpc) is 3.35. The van der Waals surface area contributed by atoms with E-state index in [1.54, 1.807) is 12.1 Å². The molecule has 0 saturated heterocycles. The van der Waals surface area contributed by atoms with Crippen molar-refractivity contribution >= 4 is 5.97 Å². The van der Waals surface area contributed by atoms with Crippen LogP contribution in [0.2, 0.25) is 0 Å². The van der Waals surface area contributed by atoms with E-state index in [9.17, 15) is 9.18 Å². The summed E-state index contributed by atoms with van der Waals surface area (Å²) in [5.41, 5.74) is 1.05. The minimum Gasteiger partial charge on any atom is -0.469 e. The van der Waals surface area contributed by atoms with Crippen LogP contribution in [0.3, 0.4) is 0 Å². The molecule has 0 radical (unpaired) electrons. The molecule has 4 fully saturated rings. The molecule has 5 rings (SSSR count). The van der Waals surface area contributed by atoms with Gasteiger partial charge in [-0.25, -0.2) is 4.39 Å². The van der Waals surface area contributed by atoms with E-state index in [1.165, 1.54) is 38.5 Å². The van der Waals surface area contributed by atoms with E-state index < -0.39 is 0 Å². The van der Waals surface area contributed by atoms with E-state index in [2.05, 4.69) is 5.32 Å². The highest BCUT2D eigenvalue weighted by Crippen LogP contribution is 2.64. The van der Waals surface area contributed by atoms with Gasteiger partial charge in [-0.2, -0.15) is 0 Å². The van der Waals surface area contributed by atoms with Gasteiger partial charge in [-0.1, -0.05) is 12.1 Å². The first-order chi connectivity index (χ1) is 10.7. The van der Waals surface area contributed by atoms with Crippen LogP contribution in [-0.2, 0) is 16.1 Å². The number of fused-ring (bicyclic) bond motifs is 2. The molecule has 0 spiro atoms. The highest BCUT2D eigenvalue weighted by molar-refractivity contribution is 5.74. The number of ether oxygens (including phenoxy) is 1. The molecule has 1 aromatic rings. The number of hydrogen-bond acceptors (Lipinski definition) is 3. The van der Waals surface area contributed by atoms with Gasteiger partial charge in [0.1, 0.15) is 5.82 Å². The van der Waals surface area contributed by atoms with Crippen molar-refractivity contribution in [3.05, 3.63) is 35.6 Å². The van der Waals surface area contributed by atoms with Gasteiger partial charge in [0.15, 0.2) is 0 Å². The van der Waals surface area contributed by atoms with Crippen molar-refractivity contribution in [1.82, 2.24) is 5.32 Å². The molecule has 1 N–H and O–H groups in total. The molecular weight excluding hydrogens is 281 g/mol. The van der Waals surface area contributed by atoms with Crippen molar-refractivity contribution < 1.29 is 13.9 Å². The van der Waals surface area contributed by atoms with Crippen LogP contribution in [0.4, 0.5) is 4.39 Å². The van der Waals surface area contributed by atoms with Crippen LogP contribution < -0.4 is 5.32 Å². The topological polar surface area (TPSA) is 38.3 Å². The van der Waals surface area contributed by atoms with Gasteiger partial charge in [-0.05, 0) is 60.6 Å². The van der Waals surface area contributed by atoms with Crippen molar-refractivity contribution in [3.63, 3.8) is 0 Å². The number of carbonyl (C=O) groups excluding carboxylic acids is 1. The van der Waals surface area contributed by atoms with Crippen molar-refractivity contribution in [2.24, 2.45) is 29.6 Å². The lowest BCUT2D eigenvalue weighted by atomic mass is 9.61. The Labute approximate surface area is 130 Å². The quantitative estimate of drug-likeness (QED) is 0.869. The zero-order chi connectivity index (χ0) is 15.3. The summed E-state index contributed by atoms with van der Waals surface area (Å²) < 4.78 is 18.1. The maximum Gasteiger partial charge on any atom is 0.310 e. The van der Waals surface area contributed by atoms with Crippen LogP contribution in [0.5, 0.6) is 0 Å². The van der Waals surface area contributed by atoms with E-state index in [-0.39, 0.29) is 23.7 Å². The number of rotatable bonds is 4. The zero-order valence-corrected chi connectivity index (χ0v) is 12.8. The third kappa shape index (κ3) is 2.24. The third-order valence-corrected chi connectivity index (χ3v) is 6.06. The monoisotopic (exact) mass is 303 g/mol. The van der Waals surface area contributed by atoms with Gasteiger partial charge in [-0.15, -0.1) is 0 Å². The standard InChI is InChI=1S/C18H22FNO2/c1-22-18(21)16-12-6-7-13(15-8-14(12)15)17(16)20-9-10-2-4-11(19)5-3-10/h2-5,12-17,20H,6-9H2,1H3/t12?,13?,14?,15?,16-,17+/m1/s1. The highest BCUT2D eigenvalue weighted by Gasteiger charge is 2.63. The molecule has 4 heteroatoms. The number of nitrogens with one attached hydrogen (secondary N) is 1. The van der Waals surface area contributed by atoms with Crippen LogP contribution in [0.25, 0.3) is 0 Å². The fourth-order valence-corrected chi connectivity index (χ4v) is 5.03. The fraction of sp³-hybridized carbons (Fsp3) is 0.611. The van der Waals surface area contributed by atoms with Gasteiger partial charge in [0, 0.05) is 12.6 Å². The number of benzene rings is 1. The summed E-state index contributed by atoms with van der Waals surface area (Å²) in [6.45, 7) is 0.680. The largest absolute Gasteiger partial charge is 0.469 e. The lowest BCUT2D eigenvalue weighted by molar-refractivity contribution is -0.154. The number of methoxy groups -OCH3 is 1. The van der Waals surface area contributed by atoms with Gasteiger partial charge in [-0.3, -0.25) is 4.79 Å². The average molecular weight is 303 g/mol. The molecule has 4 saturated carbocycles. The Balaban J connectivity index is 1.50. The molecule has 1 aromatic carbocycles. The SMILES string of the molecule is COC(=O)[C@@H]1C2CCC(C3CC32)[C@@H]1NCc1ccc(F)cc1. The van der Waals surface area contributed by atoms with Crippen LogP contribution in [0.15, 0.2) is 24.3 Å². The molecular formula is C18H22FNO2. The molecule has 4 aliphatic carbocycles. The molecule has 0 amide bonds. The Morgan fingerprint density at radius 1 is 1.18 bits per heavy atom. The van der Waals surface area contributed by atoms with Gasteiger partial charge >= 0.3 is 5.97 Å². The molecule has 118 valence electrons. The third-order valence-electron chi connectivity index (χ3n) is 6.06. The van der Waals surface area contributed by atoms with Crippen LogP contribution in [0.1, 0.15) is 24.8 Å². The zero-order valence-electron chi connectivity index (χ0n) is 12.8. The Bertz CT molecular complexity index is 573. The van der Waals surface area contributed by atoms with Crippen molar-refractivity contribution in [3.8, 4) is 0 Å². The number of hydrogen-bond donors (Lipinski definition) is 1. The minimum absolute atomic E-state index is 0.00653. The molecule has 22 heavy (non-hydrogen) atoms. The Morgan fingerprint density at radius 2 is 1.86 bits per heavy atom. The summed E-state index contributed by atoms with van der Waals surface area (Å²) in [5.74, 6) is 2.38. The summed E-state index contributed by atoms with van der Waals surface area (Å²) in [4.78, 5) is 12.3. The Kier molecular flexibility index (Phi) is 3.44. The first-order valence-corrected chi connectivity index (χ1v) is 8.24. The first kappa shape index (κ1) is 14.2. The normalized spacial score (nSPS) is 38.5. The smallest absolute Gasteiger partial charge is 0.310 e. The Hall–Kier alpha value is -1.42. The van der Waals surface area contributed by atoms with Gasteiger partial charge in [0.25, 0.3) is 0 Å². The van der Waals surface area contributed by atoms with Crippen LogP contribution >= 0.6 is 0 Å². The number of esters is 1. The molecule has 0 aliphatic heterocycles. The first-order valence-electron chi connectivity index (χ1n) is 8.24. The summed E-state index contributed by atoms with van der Waals surface area (Å²) in [7, 11) is 1.49. The highest BCUT2D eigenvalue weighted by atomic mass is 19.1. The molecule has 6 atom stereocenters. The summed E-state index contributed by atoms with van der Waals surface area (Å²) in [6, 6.07) is 6.78. The second-order valence-electron chi connectivity index (χ2n) is 7.05. The minimum atomic E-state index is -0.214. The van der Waals surface area contributed by atoms with E-state index in [1.807, 2.05) is 0 Å². The molecule has 4 aliphatic rings. The number of carbonyl (C=O) groups is 1. The fourth-order valence-electron chi connectivity index (χ4n) is 5.03. The van der Waals surface area contributed by atoms with Gasteiger partial charge < -0.3 is 10.1 Å².